The van der Waals surface area contributed by atoms with Crippen molar-refractivity contribution in [1.29, 1.82) is 0 Å². The van der Waals surface area contributed by atoms with E-state index in [-0.39, 0.29) is 5.54 Å². The molecular formula is C17H26N2O. The number of anilines is 1. The van der Waals surface area contributed by atoms with E-state index in [0.29, 0.717) is 0 Å². The minimum atomic E-state index is 0.0713. The monoisotopic (exact) mass is 274 g/mol. The molecule has 3 rings (SSSR count). The van der Waals surface area contributed by atoms with Gasteiger partial charge in [0.05, 0.1) is 18.8 Å². The van der Waals surface area contributed by atoms with Crippen LogP contribution in [0.5, 0.6) is 0 Å². The Labute approximate surface area is 122 Å². The van der Waals surface area contributed by atoms with Crippen molar-refractivity contribution in [3.63, 3.8) is 0 Å². The smallest absolute Gasteiger partial charge is 0.0694 e. The Kier molecular flexibility index (Phi) is 3.74. The van der Waals surface area contributed by atoms with Crippen LogP contribution >= 0.6 is 0 Å². The van der Waals surface area contributed by atoms with Crippen LogP contribution in [0.1, 0.15) is 37.8 Å². The van der Waals surface area contributed by atoms with Gasteiger partial charge in [-0.25, -0.2) is 0 Å². The fraction of sp³-hybridized carbons (Fsp3) is 0.647. The molecule has 0 amide bonds. The van der Waals surface area contributed by atoms with Crippen LogP contribution in [0.3, 0.4) is 0 Å². The van der Waals surface area contributed by atoms with Gasteiger partial charge in [0.2, 0.25) is 0 Å². The Balaban J connectivity index is 1.86. The van der Waals surface area contributed by atoms with E-state index in [0.717, 1.165) is 32.3 Å². The van der Waals surface area contributed by atoms with Gasteiger partial charge in [0, 0.05) is 24.8 Å². The lowest BCUT2D eigenvalue weighted by molar-refractivity contribution is 0.0643. The maximum Gasteiger partial charge on any atom is 0.0694 e. The highest BCUT2D eigenvalue weighted by molar-refractivity contribution is 5.57. The second-order valence-electron chi connectivity index (χ2n) is 6.80. The average molecular weight is 274 g/mol. The van der Waals surface area contributed by atoms with Gasteiger partial charge in [-0.05, 0) is 45.2 Å². The van der Waals surface area contributed by atoms with E-state index < -0.39 is 0 Å². The maximum absolute atomic E-state index is 5.65. The standard InChI is InChI=1S/C17H26N2O/c1-13-4-7-16(14(10-13)11-18-15-5-6-15)19-8-9-20-12-17(19,2)3/h4,7,10,15,18H,5-6,8-9,11-12H2,1-3H3. The number of hydrogen-bond acceptors (Lipinski definition) is 3. The molecule has 0 bridgehead atoms. The first-order valence-electron chi connectivity index (χ1n) is 7.74. The summed E-state index contributed by atoms with van der Waals surface area (Å²) in [6.07, 6.45) is 2.67. The van der Waals surface area contributed by atoms with Crippen LogP contribution in [0, 0.1) is 6.92 Å². The Hall–Kier alpha value is -1.06. The highest BCUT2D eigenvalue weighted by Gasteiger charge is 2.32. The molecule has 1 N–H and O–H groups in total. The molecule has 110 valence electrons. The van der Waals surface area contributed by atoms with Crippen molar-refractivity contribution in [2.75, 3.05) is 24.7 Å². The largest absolute Gasteiger partial charge is 0.377 e. The number of rotatable bonds is 4. The Morgan fingerprint density at radius 1 is 1.35 bits per heavy atom. The van der Waals surface area contributed by atoms with E-state index >= 15 is 0 Å². The van der Waals surface area contributed by atoms with Gasteiger partial charge in [-0.2, -0.15) is 0 Å². The molecule has 2 aliphatic rings. The molecule has 1 aromatic rings. The minimum absolute atomic E-state index is 0.0713. The molecule has 0 unspecified atom stereocenters. The van der Waals surface area contributed by atoms with Crippen molar-refractivity contribution in [2.45, 2.75) is 51.7 Å². The molecule has 1 saturated heterocycles. The van der Waals surface area contributed by atoms with Crippen molar-refractivity contribution in [2.24, 2.45) is 0 Å². The molecule has 1 heterocycles. The number of nitrogens with zero attached hydrogens (tertiary/aromatic N) is 1. The van der Waals surface area contributed by atoms with Crippen LogP contribution in [-0.4, -0.2) is 31.3 Å². The topological polar surface area (TPSA) is 24.5 Å². The molecule has 1 aliphatic heterocycles. The third kappa shape index (κ3) is 2.99. The van der Waals surface area contributed by atoms with Crippen molar-refractivity contribution in [3.05, 3.63) is 29.3 Å². The Bertz CT molecular complexity index is 480. The van der Waals surface area contributed by atoms with Gasteiger partial charge >= 0.3 is 0 Å². The first-order chi connectivity index (χ1) is 9.56. The van der Waals surface area contributed by atoms with Crippen molar-refractivity contribution < 1.29 is 4.74 Å². The van der Waals surface area contributed by atoms with Gasteiger partial charge < -0.3 is 15.0 Å². The van der Waals surface area contributed by atoms with Crippen molar-refractivity contribution in [1.82, 2.24) is 5.32 Å². The first kappa shape index (κ1) is 13.9. The molecule has 3 nitrogen and oxygen atoms in total. The van der Waals surface area contributed by atoms with E-state index in [2.05, 4.69) is 49.2 Å². The van der Waals surface area contributed by atoms with E-state index in [1.807, 2.05) is 0 Å². The second kappa shape index (κ2) is 5.38. The zero-order valence-corrected chi connectivity index (χ0v) is 12.9. The Morgan fingerprint density at radius 3 is 2.85 bits per heavy atom. The second-order valence-corrected chi connectivity index (χ2v) is 6.80. The number of morpholine rings is 1. The van der Waals surface area contributed by atoms with Crippen molar-refractivity contribution >= 4 is 5.69 Å². The molecule has 0 spiro atoms. The van der Waals surface area contributed by atoms with Gasteiger partial charge in [-0.3, -0.25) is 0 Å². The zero-order valence-electron chi connectivity index (χ0n) is 12.9. The highest BCUT2D eigenvalue weighted by atomic mass is 16.5. The molecule has 1 saturated carbocycles. The molecule has 20 heavy (non-hydrogen) atoms. The lowest BCUT2D eigenvalue weighted by Gasteiger charge is -2.44. The van der Waals surface area contributed by atoms with Crippen LogP contribution in [-0.2, 0) is 11.3 Å². The van der Waals surface area contributed by atoms with Gasteiger partial charge in [0.25, 0.3) is 0 Å². The minimum Gasteiger partial charge on any atom is -0.377 e. The summed E-state index contributed by atoms with van der Waals surface area (Å²) in [6, 6.07) is 7.59. The molecule has 2 fully saturated rings. The molecule has 1 aliphatic carbocycles. The third-order valence-electron chi connectivity index (χ3n) is 4.33. The quantitative estimate of drug-likeness (QED) is 0.913. The van der Waals surface area contributed by atoms with E-state index in [1.165, 1.54) is 29.7 Å². The zero-order chi connectivity index (χ0) is 14.2. The highest BCUT2D eigenvalue weighted by Crippen LogP contribution is 2.31. The predicted octanol–water partition coefficient (Wildman–Crippen LogP) is 2.86. The van der Waals surface area contributed by atoms with Gasteiger partial charge in [0.15, 0.2) is 0 Å². The average Bonchev–Trinajstić information content (AvgIpc) is 3.21. The van der Waals surface area contributed by atoms with Crippen molar-refractivity contribution in [3.8, 4) is 0 Å². The van der Waals surface area contributed by atoms with Gasteiger partial charge in [0.1, 0.15) is 0 Å². The molecule has 3 heteroatoms. The summed E-state index contributed by atoms with van der Waals surface area (Å²) in [5, 5.41) is 3.65. The van der Waals surface area contributed by atoms with Crippen LogP contribution in [0.4, 0.5) is 5.69 Å². The summed E-state index contributed by atoms with van der Waals surface area (Å²) in [4.78, 5) is 2.51. The van der Waals surface area contributed by atoms with E-state index in [1.54, 1.807) is 0 Å². The molecular weight excluding hydrogens is 248 g/mol. The summed E-state index contributed by atoms with van der Waals surface area (Å²) in [7, 11) is 0. The molecule has 1 aromatic carbocycles. The van der Waals surface area contributed by atoms with Gasteiger partial charge in [-0.1, -0.05) is 17.7 Å². The number of ether oxygens (including phenoxy) is 1. The number of hydrogen-bond donors (Lipinski definition) is 1. The van der Waals surface area contributed by atoms with Crippen LogP contribution in [0.25, 0.3) is 0 Å². The number of aryl methyl sites for hydroxylation is 1. The van der Waals surface area contributed by atoms with Crippen LogP contribution in [0.2, 0.25) is 0 Å². The van der Waals surface area contributed by atoms with Crippen LogP contribution in [0.15, 0.2) is 18.2 Å². The lowest BCUT2D eigenvalue weighted by Crippen LogP contribution is -2.53. The lowest BCUT2D eigenvalue weighted by atomic mass is 9.98. The Morgan fingerprint density at radius 2 is 2.15 bits per heavy atom. The summed E-state index contributed by atoms with van der Waals surface area (Å²) in [5.41, 5.74) is 4.21. The summed E-state index contributed by atoms with van der Waals surface area (Å²) < 4.78 is 5.65. The first-order valence-corrected chi connectivity index (χ1v) is 7.74. The fourth-order valence-corrected chi connectivity index (χ4v) is 2.97. The summed E-state index contributed by atoms with van der Waals surface area (Å²) >= 11 is 0. The molecule has 0 radical (unpaired) electrons. The fourth-order valence-electron chi connectivity index (χ4n) is 2.97. The maximum atomic E-state index is 5.65. The molecule has 0 aromatic heterocycles. The summed E-state index contributed by atoms with van der Waals surface area (Å²) in [5.74, 6) is 0. The molecule has 0 atom stereocenters. The SMILES string of the molecule is Cc1ccc(N2CCOCC2(C)C)c(CNC2CC2)c1. The number of nitrogens with one attached hydrogen (secondary N) is 1. The van der Waals surface area contributed by atoms with E-state index in [9.17, 15) is 0 Å². The predicted molar refractivity (Wildman–Crippen MR) is 83.3 cm³/mol. The summed E-state index contributed by atoms with van der Waals surface area (Å²) in [6.45, 7) is 10.3. The van der Waals surface area contributed by atoms with Crippen LogP contribution < -0.4 is 10.2 Å². The third-order valence-corrected chi connectivity index (χ3v) is 4.33. The van der Waals surface area contributed by atoms with E-state index in [4.69, 9.17) is 4.74 Å². The number of benzene rings is 1. The normalized spacial score (nSPS) is 22.1. The van der Waals surface area contributed by atoms with Gasteiger partial charge in [-0.15, -0.1) is 0 Å².